The number of rotatable bonds is 8. The van der Waals surface area contributed by atoms with Crippen LogP contribution in [-0.2, 0) is 21.3 Å². The Kier molecular flexibility index (Phi) is 7.29. The van der Waals surface area contributed by atoms with Gasteiger partial charge in [-0.15, -0.1) is 0 Å². The third-order valence-corrected chi connectivity index (χ3v) is 7.75. The molecule has 4 rings (SSSR count). The number of anilines is 1. The van der Waals surface area contributed by atoms with E-state index in [1.54, 1.807) is 41.6 Å². The predicted octanol–water partition coefficient (Wildman–Crippen LogP) is 4.04. The molecule has 3 aromatic rings. The van der Waals surface area contributed by atoms with Crippen molar-refractivity contribution in [2.24, 2.45) is 0 Å². The Morgan fingerprint density at radius 3 is 2.59 bits per heavy atom. The number of nitrogens with zero attached hydrogens (tertiary/aromatic N) is 3. The van der Waals surface area contributed by atoms with E-state index in [1.807, 2.05) is 31.2 Å². The molecule has 1 atom stereocenters. The van der Waals surface area contributed by atoms with E-state index in [0.717, 1.165) is 24.0 Å². The number of pyridine rings is 1. The van der Waals surface area contributed by atoms with Gasteiger partial charge in [0.05, 0.1) is 16.7 Å². The topological polar surface area (TPSA) is 79.8 Å². The normalized spacial score (nSPS) is 15.8. The van der Waals surface area contributed by atoms with Gasteiger partial charge in [-0.3, -0.25) is 14.1 Å². The van der Waals surface area contributed by atoms with E-state index in [9.17, 15) is 13.2 Å². The first kappa shape index (κ1) is 23.9. The van der Waals surface area contributed by atoms with Gasteiger partial charge in [0.25, 0.3) is 15.9 Å². The lowest BCUT2D eigenvalue weighted by atomic mass is 10.1. The number of hydrogen-bond acceptors (Lipinski definition) is 5. The molecule has 1 amide bonds. The van der Waals surface area contributed by atoms with Gasteiger partial charge in [-0.25, -0.2) is 8.42 Å². The zero-order valence-corrected chi connectivity index (χ0v) is 20.2. The largest absolute Gasteiger partial charge is 0.376 e. The highest BCUT2D eigenvalue weighted by Crippen LogP contribution is 2.24. The van der Waals surface area contributed by atoms with Crippen molar-refractivity contribution in [3.8, 4) is 0 Å². The van der Waals surface area contributed by atoms with Crippen LogP contribution in [0, 0.1) is 6.92 Å². The number of amides is 1. The molecule has 0 radical (unpaired) electrons. The number of carbonyl (C=O) groups is 1. The summed E-state index contributed by atoms with van der Waals surface area (Å²) in [5.41, 5.74) is 2.82. The Labute approximate surface area is 201 Å². The summed E-state index contributed by atoms with van der Waals surface area (Å²) < 4.78 is 33.6. The average Bonchev–Trinajstić information content (AvgIpc) is 3.37. The smallest absolute Gasteiger partial charge is 0.264 e. The molecule has 1 fully saturated rings. The van der Waals surface area contributed by atoms with Crippen LogP contribution in [0.3, 0.4) is 0 Å². The zero-order chi connectivity index (χ0) is 24.1. The van der Waals surface area contributed by atoms with Crippen molar-refractivity contribution in [3.05, 3.63) is 89.7 Å². The maximum atomic E-state index is 13.5. The second kappa shape index (κ2) is 10.4. The number of aromatic nitrogens is 1. The minimum absolute atomic E-state index is 0.0276. The number of aryl methyl sites for hydroxylation is 1. The van der Waals surface area contributed by atoms with E-state index in [4.69, 9.17) is 4.74 Å². The predicted molar refractivity (Wildman–Crippen MR) is 131 cm³/mol. The fraction of sp³-hybridized carbons (Fsp3) is 0.308. The van der Waals surface area contributed by atoms with Crippen molar-refractivity contribution >= 4 is 21.6 Å². The van der Waals surface area contributed by atoms with Crippen molar-refractivity contribution in [1.29, 1.82) is 0 Å². The molecule has 2 aromatic carbocycles. The standard InChI is InChI=1S/C26H29N3O4S/c1-20-10-12-23(13-11-20)28(2)34(31,32)25-9-3-7-22(16-25)26(30)29(19-24-8-5-15-33-24)18-21-6-4-14-27-17-21/h3-4,6-7,9-14,16-17,24H,5,8,15,18-19H2,1-2H3. The zero-order valence-electron chi connectivity index (χ0n) is 19.4. The number of carbonyl (C=O) groups excluding carboxylic acids is 1. The molecule has 1 aliphatic rings. The van der Waals surface area contributed by atoms with E-state index in [-0.39, 0.29) is 16.9 Å². The molecule has 0 bridgehead atoms. The van der Waals surface area contributed by atoms with Crippen LogP contribution in [0.25, 0.3) is 0 Å². The average molecular weight is 480 g/mol. The molecule has 0 aliphatic carbocycles. The molecule has 1 aliphatic heterocycles. The van der Waals surface area contributed by atoms with Gasteiger partial charge in [0.15, 0.2) is 0 Å². The van der Waals surface area contributed by atoms with E-state index in [2.05, 4.69) is 4.98 Å². The van der Waals surface area contributed by atoms with Gasteiger partial charge in [0, 0.05) is 44.7 Å². The third-order valence-electron chi connectivity index (χ3n) is 5.97. The third kappa shape index (κ3) is 5.46. The lowest BCUT2D eigenvalue weighted by Crippen LogP contribution is -2.37. The molecule has 1 aromatic heterocycles. The minimum Gasteiger partial charge on any atom is -0.376 e. The number of sulfonamides is 1. The fourth-order valence-electron chi connectivity index (χ4n) is 3.99. The second-order valence-electron chi connectivity index (χ2n) is 8.52. The first-order valence-electron chi connectivity index (χ1n) is 11.3. The minimum atomic E-state index is -3.84. The van der Waals surface area contributed by atoms with E-state index in [1.165, 1.54) is 23.5 Å². The Morgan fingerprint density at radius 1 is 1.12 bits per heavy atom. The Hall–Kier alpha value is -3.23. The van der Waals surface area contributed by atoms with Crippen LogP contribution in [0.5, 0.6) is 0 Å². The van der Waals surface area contributed by atoms with Crippen LogP contribution in [0.1, 0.15) is 34.3 Å². The highest BCUT2D eigenvalue weighted by molar-refractivity contribution is 7.92. The van der Waals surface area contributed by atoms with Crippen LogP contribution in [0.15, 0.2) is 78.0 Å². The molecule has 0 saturated carbocycles. The molecule has 8 heteroatoms. The summed E-state index contributed by atoms with van der Waals surface area (Å²) in [6, 6.07) is 17.2. The van der Waals surface area contributed by atoms with Gasteiger partial charge in [-0.05, 0) is 61.7 Å². The summed E-state index contributed by atoms with van der Waals surface area (Å²) in [5.74, 6) is -0.241. The molecule has 2 heterocycles. The maximum absolute atomic E-state index is 13.5. The lowest BCUT2D eigenvalue weighted by molar-refractivity contribution is 0.0507. The van der Waals surface area contributed by atoms with Crippen molar-refractivity contribution in [1.82, 2.24) is 9.88 Å². The van der Waals surface area contributed by atoms with Gasteiger partial charge >= 0.3 is 0 Å². The van der Waals surface area contributed by atoms with Crippen molar-refractivity contribution in [3.63, 3.8) is 0 Å². The molecule has 1 saturated heterocycles. The van der Waals surface area contributed by atoms with Gasteiger partial charge < -0.3 is 9.64 Å². The quantitative estimate of drug-likeness (QED) is 0.487. The van der Waals surface area contributed by atoms with Gasteiger partial charge in [-0.1, -0.05) is 29.8 Å². The molecular formula is C26H29N3O4S. The van der Waals surface area contributed by atoms with Crippen molar-refractivity contribution in [2.75, 3.05) is 24.5 Å². The number of ether oxygens (including phenoxy) is 1. The number of benzene rings is 2. The number of hydrogen-bond donors (Lipinski definition) is 0. The van der Waals surface area contributed by atoms with Crippen LogP contribution < -0.4 is 4.31 Å². The van der Waals surface area contributed by atoms with Crippen molar-refractivity contribution < 1.29 is 17.9 Å². The monoisotopic (exact) mass is 479 g/mol. The van der Waals surface area contributed by atoms with Crippen LogP contribution >= 0.6 is 0 Å². The summed E-state index contributed by atoms with van der Waals surface area (Å²) in [6.07, 6.45) is 5.26. The van der Waals surface area contributed by atoms with Gasteiger partial charge in [0.2, 0.25) is 0 Å². The van der Waals surface area contributed by atoms with Crippen LogP contribution in [-0.4, -0.2) is 50.5 Å². The SMILES string of the molecule is Cc1ccc(N(C)S(=O)(=O)c2cccc(C(=O)N(Cc3cccnc3)CC3CCCO3)c2)cc1. The highest BCUT2D eigenvalue weighted by atomic mass is 32.2. The first-order chi connectivity index (χ1) is 16.3. The highest BCUT2D eigenvalue weighted by Gasteiger charge is 2.26. The molecule has 0 N–H and O–H groups in total. The second-order valence-corrected chi connectivity index (χ2v) is 10.5. The summed E-state index contributed by atoms with van der Waals surface area (Å²) in [4.78, 5) is 19.5. The summed E-state index contributed by atoms with van der Waals surface area (Å²) in [7, 11) is -2.33. The fourth-order valence-corrected chi connectivity index (χ4v) is 5.23. The van der Waals surface area contributed by atoms with Gasteiger partial charge in [0.1, 0.15) is 0 Å². The Balaban J connectivity index is 1.60. The molecule has 1 unspecified atom stereocenters. The summed E-state index contributed by atoms with van der Waals surface area (Å²) in [5, 5.41) is 0. The van der Waals surface area contributed by atoms with E-state index < -0.39 is 10.0 Å². The summed E-state index contributed by atoms with van der Waals surface area (Å²) >= 11 is 0. The molecule has 34 heavy (non-hydrogen) atoms. The van der Waals surface area contributed by atoms with Crippen LogP contribution in [0.4, 0.5) is 5.69 Å². The lowest BCUT2D eigenvalue weighted by Gasteiger charge is -2.26. The van der Waals surface area contributed by atoms with Gasteiger partial charge in [-0.2, -0.15) is 0 Å². The maximum Gasteiger partial charge on any atom is 0.264 e. The van der Waals surface area contributed by atoms with E-state index in [0.29, 0.717) is 30.9 Å². The van der Waals surface area contributed by atoms with Crippen molar-refractivity contribution in [2.45, 2.75) is 37.3 Å². The Morgan fingerprint density at radius 2 is 1.91 bits per heavy atom. The first-order valence-corrected chi connectivity index (χ1v) is 12.7. The van der Waals surface area contributed by atoms with Crippen LogP contribution in [0.2, 0.25) is 0 Å². The molecular weight excluding hydrogens is 450 g/mol. The van der Waals surface area contributed by atoms with E-state index >= 15 is 0 Å². The molecule has 0 spiro atoms. The molecule has 7 nitrogen and oxygen atoms in total. The summed E-state index contributed by atoms with van der Waals surface area (Å²) in [6.45, 7) is 3.45. The molecule has 178 valence electrons. The Bertz CT molecular complexity index is 1220.